The number of nitrogens with zero attached hydrogens (tertiary/aromatic N) is 2. The predicted molar refractivity (Wildman–Crippen MR) is 66.5 cm³/mol. The predicted octanol–water partition coefficient (Wildman–Crippen LogP) is 0.476. The van der Waals surface area contributed by atoms with Crippen LogP contribution in [-0.2, 0) is 9.59 Å². The van der Waals surface area contributed by atoms with E-state index >= 15 is 0 Å². The Balaban J connectivity index is 4.20. The van der Waals surface area contributed by atoms with Gasteiger partial charge in [0.1, 0.15) is 0 Å². The lowest BCUT2D eigenvalue weighted by atomic mass is 10.2. The van der Waals surface area contributed by atoms with Crippen molar-refractivity contribution in [1.29, 1.82) is 0 Å². The van der Waals surface area contributed by atoms with E-state index in [4.69, 9.17) is 5.11 Å². The molecule has 0 aromatic carbocycles. The van der Waals surface area contributed by atoms with Gasteiger partial charge < -0.3 is 14.9 Å². The monoisotopic (exact) mass is 244 g/mol. The SMILES string of the molecule is CCCN(CC(=O)N(C)C)C(=O)CCCCO. The number of aliphatic hydroxyl groups is 1. The van der Waals surface area contributed by atoms with Gasteiger partial charge in [-0.2, -0.15) is 0 Å². The van der Waals surface area contributed by atoms with Crippen molar-refractivity contribution in [2.45, 2.75) is 32.6 Å². The molecule has 0 aliphatic heterocycles. The molecule has 5 heteroatoms. The Hall–Kier alpha value is -1.10. The second-order valence-corrected chi connectivity index (χ2v) is 4.28. The van der Waals surface area contributed by atoms with Crippen LogP contribution in [0.1, 0.15) is 32.6 Å². The van der Waals surface area contributed by atoms with Crippen molar-refractivity contribution in [1.82, 2.24) is 9.80 Å². The number of aliphatic hydroxyl groups excluding tert-OH is 1. The normalized spacial score (nSPS) is 10.1. The quantitative estimate of drug-likeness (QED) is 0.632. The zero-order valence-corrected chi connectivity index (χ0v) is 11.1. The molecule has 0 heterocycles. The van der Waals surface area contributed by atoms with Crippen LogP contribution in [0, 0.1) is 0 Å². The third-order valence-electron chi connectivity index (χ3n) is 2.47. The highest BCUT2D eigenvalue weighted by Gasteiger charge is 2.16. The van der Waals surface area contributed by atoms with E-state index in [9.17, 15) is 9.59 Å². The summed E-state index contributed by atoms with van der Waals surface area (Å²) in [5, 5.41) is 8.65. The van der Waals surface area contributed by atoms with E-state index in [1.807, 2.05) is 6.92 Å². The number of hydrogen-bond acceptors (Lipinski definition) is 3. The Morgan fingerprint density at radius 3 is 2.24 bits per heavy atom. The van der Waals surface area contributed by atoms with E-state index in [1.165, 1.54) is 4.90 Å². The molecule has 100 valence electrons. The molecular weight excluding hydrogens is 220 g/mol. The van der Waals surface area contributed by atoms with Gasteiger partial charge in [0.05, 0.1) is 6.54 Å². The van der Waals surface area contributed by atoms with Crippen molar-refractivity contribution < 1.29 is 14.7 Å². The van der Waals surface area contributed by atoms with Crippen LogP contribution in [0.5, 0.6) is 0 Å². The number of rotatable bonds is 8. The van der Waals surface area contributed by atoms with Gasteiger partial charge in [-0.15, -0.1) is 0 Å². The van der Waals surface area contributed by atoms with Gasteiger partial charge in [-0.3, -0.25) is 9.59 Å². The summed E-state index contributed by atoms with van der Waals surface area (Å²) >= 11 is 0. The molecule has 0 aliphatic rings. The maximum atomic E-state index is 11.8. The highest BCUT2D eigenvalue weighted by atomic mass is 16.3. The molecule has 5 nitrogen and oxygen atoms in total. The van der Waals surface area contributed by atoms with Gasteiger partial charge in [-0.05, 0) is 19.3 Å². The van der Waals surface area contributed by atoms with Gasteiger partial charge in [-0.1, -0.05) is 6.92 Å². The van der Waals surface area contributed by atoms with Crippen LogP contribution in [-0.4, -0.2) is 60.5 Å². The van der Waals surface area contributed by atoms with Gasteiger partial charge >= 0.3 is 0 Å². The Kier molecular flexibility index (Phi) is 8.40. The fourth-order valence-electron chi connectivity index (χ4n) is 1.41. The van der Waals surface area contributed by atoms with Crippen LogP contribution >= 0.6 is 0 Å². The van der Waals surface area contributed by atoms with E-state index < -0.39 is 0 Å². The van der Waals surface area contributed by atoms with E-state index in [2.05, 4.69) is 0 Å². The number of carbonyl (C=O) groups excluding carboxylic acids is 2. The number of unbranched alkanes of at least 4 members (excludes halogenated alkanes) is 1. The molecule has 17 heavy (non-hydrogen) atoms. The fraction of sp³-hybridized carbons (Fsp3) is 0.833. The number of likely N-dealkylation sites (N-methyl/N-ethyl adjacent to an activating group) is 1. The third kappa shape index (κ3) is 6.94. The molecule has 0 radical (unpaired) electrons. The van der Waals surface area contributed by atoms with Crippen molar-refractivity contribution in [2.24, 2.45) is 0 Å². The first-order valence-electron chi connectivity index (χ1n) is 6.11. The molecule has 0 fully saturated rings. The lowest BCUT2D eigenvalue weighted by molar-refractivity contribution is -0.139. The van der Waals surface area contributed by atoms with Crippen LogP contribution < -0.4 is 0 Å². The van der Waals surface area contributed by atoms with Crippen LogP contribution in [0.4, 0.5) is 0 Å². The summed E-state index contributed by atoms with van der Waals surface area (Å²) in [6.45, 7) is 2.85. The summed E-state index contributed by atoms with van der Waals surface area (Å²) < 4.78 is 0. The summed E-state index contributed by atoms with van der Waals surface area (Å²) in [5.41, 5.74) is 0. The summed E-state index contributed by atoms with van der Waals surface area (Å²) in [6.07, 6.45) is 2.55. The van der Waals surface area contributed by atoms with Crippen LogP contribution in [0.15, 0.2) is 0 Å². The lowest BCUT2D eigenvalue weighted by Gasteiger charge is -2.23. The molecule has 0 saturated carbocycles. The molecule has 0 aromatic rings. The minimum atomic E-state index is -0.0611. The topological polar surface area (TPSA) is 60.9 Å². The number of carbonyl (C=O) groups is 2. The van der Waals surface area contributed by atoms with Crippen molar-refractivity contribution in [3.63, 3.8) is 0 Å². The fourth-order valence-corrected chi connectivity index (χ4v) is 1.41. The summed E-state index contributed by atoms with van der Waals surface area (Å²) in [4.78, 5) is 26.5. The molecule has 0 unspecified atom stereocenters. The average Bonchev–Trinajstić information content (AvgIpc) is 2.28. The second-order valence-electron chi connectivity index (χ2n) is 4.28. The van der Waals surface area contributed by atoms with Crippen LogP contribution in [0.2, 0.25) is 0 Å². The first kappa shape index (κ1) is 15.9. The molecule has 0 bridgehead atoms. The Bertz CT molecular complexity index is 242. The van der Waals surface area contributed by atoms with E-state index in [-0.39, 0.29) is 25.0 Å². The lowest BCUT2D eigenvalue weighted by Crippen LogP contribution is -2.40. The molecule has 0 aromatic heterocycles. The summed E-state index contributed by atoms with van der Waals surface area (Å²) in [6, 6.07) is 0. The average molecular weight is 244 g/mol. The largest absolute Gasteiger partial charge is 0.396 e. The molecule has 1 N–H and O–H groups in total. The van der Waals surface area contributed by atoms with Crippen molar-refractivity contribution in [3.8, 4) is 0 Å². The first-order chi connectivity index (χ1) is 8.02. The number of amides is 2. The molecule has 0 atom stereocenters. The minimum Gasteiger partial charge on any atom is -0.396 e. The molecular formula is C12H24N2O3. The van der Waals surface area contributed by atoms with E-state index in [0.29, 0.717) is 25.8 Å². The van der Waals surface area contributed by atoms with Gasteiger partial charge in [-0.25, -0.2) is 0 Å². The highest BCUT2D eigenvalue weighted by molar-refractivity contribution is 5.84. The Morgan fingerprint density at radius 1 is 1.12 bits per heavy atom. The van der Waals surface area contributed by atoms with Crippen molar-refractivity contribution in [3.05, 3.63) is 0 Å². The van der Waals surface area contributed by atoms with Gasteiger partial charge in [0.25, 0.3) is 0 Å². The van der Waals surface area contributed by atoms with E-state index in [0.717, 1.165) is 6.42 Å². The van der Waals surface area contributed by atoms with Crippen molar-refractivity contribution >= 4 is 11.8 Å². The molecule has 0 spiro atoms. The maximum absolute atomic E-state index is 11.8. The summed E-state index contributed by atoms with van der Waals surface area (Å²) in [5.74, 6) is -0.0653. The van der Waals surface area contributed by atoms with E-state index in [1.54, 1.807) is 19.0 Å². The molecule has 0 rings (SSSR count). The molecule has 0 saturated heterocycles. The van der Waals surface area contributed by atoms with Gasteiger partial charge in [0.15, 0.2) is 0 Å². The first-order valence-corrected chi connectivity index (χ1v) is 6.11. The van der Waals surface area contributed by atoms with Crippen LogP contribution in [0.3, 0.4) is 0 Å². The zero-order chi connectivity index (χ0) is 13.3. The highest BCUT2D eigenvalue weighted by Crippen LogP contribution is 2.02. The standard InChI is InChI=1S/C12H24N2O3/c1-4-8-14(10-12(17)13(2)3)11(16)7-5-6-9-15/h15H,4-10H2,1-3H3. The zero-order valence-electron chi connectivity index (χ0n) is 11.1. The Labute approximate surface area is 103 Å². The molecule has 2 amide bonds. The second kappa shape index (κ2) is 8.98. The van der Waals surface area contributed by atoms with Crippen LogP contribution in [0.25, 0.3) is 0 Å². The smallest absolute Gasteiger partial charge is 0.241 e. The van der Waals surface area contributed by atoms with Gasteiger partial charge in [0.2, 0.25) is 11.8 Å². The molecule has 0 aliphatic carbocycles. The minimum absolute atomic E-state index is 0.00417. The Morgan fingerprint density at radius 2 is 1.76 bits per heavy atom. The summed E-state index contributed by atoms with van der Waals surface area (Å²) in [7, 11) is 3.37. The third-order valence-corrected chi connectivity index (χ3v) is 2.47. The van der Waals surface area contributed by atoms with Gasteiger partial charge in [0, 0.05) is 33.7 Å². The number of hydrogen-bond donors (Lipinski definition) is 1. The maximum Gasteiger partial charge on any atom is 0.241 e. The van der Waals surface area contributed by atoms with Crippen molar-refractivity contribution in [2.75, 3.05) is 33.8 Å².